The van der Waals surface area contributed by atoms with E-state index < -0.39 is 0 Å². The molecule has 4 rings (SSSR count). The van der Waals surface area contributed by atoms with Gasteiger partial charge in [0.2, 0.25) is 0 Å². The van der Waals surface area contributed by atoms with Crippen molar-refractivity contribution >= 4 is 5.69 Å². The van der Waals surface area contributed by atoms with Crippen molar-refractivity contribution in [3.63, 3.8) is 0 Å². The Morgan fingerprint density at radius 1 is 1.05 bits per heavy atom. The van der Waals surface area contributed by atoms with Crippen LogP contribution in [0.2, 0.25) is 0 Å². The summed E-state index contributed by atoms with van der Waals surface area (Å²) < 4.78 is 0. The van der Waals surface area contributed by atoms with Gasteiger partial charge in [-0.1, -0.05) is 62.4 Å². The van der Waals surface area contributed by atoms with Crippen LogP contribution in [0, 0.1) is 5.92 Å². The molecule has 0 fully saturated rings. The highest BCUT2D eigenvalue weighted by atomic mass is 15.2. The summed E-state index contributed by atoms with van der Waals surface area (Å²) in [5, 5.41) is 0. The fraction of sp³-hybridized carbons (Fsp3) is 0.429. The quantitative estimate of drug-likeness (QED) is 0.752. The minimum atomic E-state index is 0.537. The van der Waals surface area contributed by atoms with E-state index in [2.05, 4.69) is 67.3 Å². The zero-order valence-corrected chi connectivity index (χ0v) is 13.6. The molecule has 0 aromatic heterocycles. The van der Waals surface area contributed by atoms with Crippen LogP contribution in [0.1, 0.15) is 49.3 Å². The van der Waals surface area contributed by atoms with Crippen LogP contribution in [-0.4, -0.2) is 12.6 Å². The van der Waals surface area contributed by atoms with E-state index in [1.54, 1.807) is 16.8 Å². The molecule has 2 aliphatic heterocycles. The maximum absolute atomic E-state index is 2.72. The van der Waals surface area contributed by atoms with Gasteiger partial charge in [-0.05, 0) is 41.9 Å². The summed E-state index contributed by atoms with van der Waals surface area (Å²) in [5.74, 6) is 1.20. The maximum Gasteiger partial charge on any atom is 0.0440 e. The molecule has 0 radical (unpaired) electrons. The number of anilines is 1. The van der Waals surface area contributed by atoms with E-state index in [4.69, 9.17) is 0 Å². The standard InChI is InChI=1S/C21H25N/c1-3-19-15(2)20(16-9-5-4-6-10-16)18-13-7-11-17-12-8-14-22(19)21(17)18/h4-7,9-11,13,15,19-20H,3,8,12,14H2,1-2H3/t15-,19-,20-/m0/s1. The minimum absolute atomic E-state index is 0.537. The highest BCUT2D eigenvalue weighted by Crippen LogP contribution is 2.49. The molecule has 0 saturated heterocycles. The highest BCUT2D eigenvalue weighted by molar-refractivity contribution is 5.67. The topological polar surface area (TPSA) is 3.24 Å². The van der Waals surface area contributed by atoms with Gasteiger partial charge in [0.25, 0.3) is 0 Å². The maximum atomic E-state index is 2.72. The van der Waals surface area contributed by atoms with E-state index >= 15 is 0 Å². The first-order valence-corrected chi connectivity index (χ1v) is 8.74. The van der Waals surface area contributed by atoms with Crippen LogP contribution < -0.4 is 4.90 Å². The predicted molar refractivity (Wildman–Crippen MR) is 93.6 cm³/mol. The van der Waals surface area contributed by atoms with Crippen molar-refractivity contribution in [3.05, 3.63) is 65.2 Å². The monoisotopic (exact) mass is 291 g/mol. The third-order valence-corrected chi connectivity index (χ3v) is 5.73. The number of aryl methyl sites for hydroxylation is 1. The van der Waals surface area contributed by atoms with Crippen LogP contribution in [0.3, 0.4) is 0 Å². The molecule has 0 bridgehead atoms. The van der Waals surface area contributed by atoms with E-state index in [9.17, 15) is 0 Å². The average molecular weight is 291 g/mol. The van der Waals surface area contributed by atoms with E-state index in [0.29, 0.717) is 17.9 Å². The summed E-state index contributed by atoms with van der Waals surface area (Å²) in [6, 6.07) is 18.8. The Hall–Kier alpha value is -1.76. The molecule has 1 heteroatoms. The van der Waals surface area contributed by atoms with Crippen molar-refractivity contribution in [2.24, 2.45) is 5.92 Å². The molecule has 2 aromatic rings. The van der Waals surface area contributed by atoms with Gasteiger partial charge in [-0.2, -0.15) is 0 Å². The van der Waals surface area contributed by atoms with Crippen molar-refractivity contribution in [1.29, 1.82) is 0 Å². The van der Waals surface area contributed by atoms with E-state index in [1.807, 2.05) is 0 Å². The van der Waals surface area contributed by atoms with Crippen molar-refractivity contribution in [1.82, 2.24) is 0 Å². The molecule has 3 atom stereocenters. The Labute approximate surface area is 134 Å². The molecule has 114 valence electrons. The lowest BCUT2D eigenvalue weighted by Crippen LogP contribution is -2.48. The Morgan fingerprint density at radius 2 is 1.86 bits per heavy atom. The largest absolute Gasteiger partial charge is 0.368 e. The summed E-state index contributed by atoms with van der Waals surface area (Å²) in [6.07, 6.45) is 3.78. The lowest BCUT2D eigenvalue weighted by atomic mass is 9.71. The first kappa shape index (κ1) is 13.9. The number of hydrogen-bond donors (Lipinski definition) is 0. The molecule has 2 heterocycles. The van der Waals surface area contributed by atoms with Gasteiger partial charge in [0.05, 0.1) is 0 Å². The molecule has 0 N–H and O–H groups in total. The van der Waals surface area contributed by atoms with Gasteiger partial charge < -0.3 is 4.90 Å². The van der Waals surface area contributed by atoms with Crippen molar-refractivity contribution < 1.29 is 0 Å². The fourth-order valence-electron chi connectivity index (χ4n) is 4.82. The second kappa shape index (κ2) is 5.46. The average Bonchev–Trinajstić information content (AvgIpc) is 2.56. The molecule has 0 unspecified atom stereocenters. The molecular formula is C21H25N. The van der Waals surface area contributed by atoms with Gasteiger partial charge in [-0.25, -0.2) is 0 Å². The van der Waals surface area contributed by atoms with Crippen LogP contribution >= 0.6 is 0 Å². The molecule has 2 aromatic carbocycles. The number of para-hydroxylation sites is 1. The highest BCUT2D eigenvalue weighted by Gasteiger charge is 2.40. The second-order valence-electron chi connectivity index (χ2n) is 6.87. The number of rotatable bonds is 2. The van der Waals surface area contributed by atoms with Gasteiger partial charge in [-0.3, -0.25) is 0 Å². The van der Waals surface area contributed by atoms with Crippen LogP contribution in [0.15, 0.2) is 48.5 Å². The smallest absolute Gasteiger partial charge is 0.0440 e. The third kappa shape index (κ3) is 1.99. The van der Waals surface area contributed by atoms with Gasteiger partial charge in [-0.15, -0.1) is 0 Å². The lowest BCUT2D eigenvalue weighted by molar-refractivity contribution is 0.351. The van der Waals surface area contributed by atoms with Crippen molar-refractivity contribution in [2.75, 3.05) is 11.4 Å². The van der Waals surface area contributed by atoms with Crippen LogP contribution in [0.25, 0.3) is 0 Å². The number of benzene rings is 2. The molecular weight excluding hydrogens is 266 g/mol. The molecule has 2 aliphatic rings. The molecule has 0 amide bonds. The molecule has 1 nitrogen and oxygen atoms in total. The summed E-state index contributed by atoms with van der Waals surface area (Å²) in [4.78, 5) is 2.72. The summed E-state index contributed by atoms with van der Waals surface area (Å²) >= 11 is 0. The van der Waals surface area contributed by atoms with E-state index in [1.165, 1.54) is 31.4 Å². The predicted octanol–water partition coefficient (Wildman–Crippen LogP) is 5.00. The molecule has 0 spiro atoms. The second-order valence-corrected chi connectivity index (χ2v) is 6.87. The SMILES string of the molecule is CC[C@H]1[C@H](C)[C@@H](c2ccccc2)c2cccc3c2N1CCC3. The number of nitrogens with zero attached hydrogens (tertiary/aromatic N) is 1. The molecule has 0 saturated carbocycles. The fourth-order valence-corrected chi connectivity index (χ4v) is 4.82. The molecule has 22 heavy (non-hydrogen) atoms. The van der Waals surface area contributed by atoms with Crippen LogP contribution in [0.5, 0.6) is 0 Å². The first-order chi connectivity index (χ1) is 10.8. The van der Waals surface area contributed by atoms with Crippen molar-refractivity contribution in [3.8, 4) is 0 Å². The Balaban J connectivity index is 1.92. The van der Waals surface area contributed by atoms with E-state index in [0.717, 1.165) is 0 Å². The Kier molecular flexibility index (Phi) is 3.44. The normalized spacial score (nSPS) is 26.6. The Morgan fingerprint density at radius 3 is 2.64 bits per heavy atom. The van der Waals surface area contributed by atoms with E-state index in [-0.39, 0.29) is 0 Å². The zero-order chi connectivity index (χ0) is 15.1. The van der Waals surface area contributed by atoms with Gasteiger partial charge in [0, 0.05) is 24.2 Å². The lowest BCUT2D eigenvalue weighted by Gasteiger charge is -2.49. The summed E-state index contributed by atoms with van der Waals surface area (Å²) in [6.45, 7) is 6.04. The molecule has 0 aliphatic carbocycles. The Bertz CT molecular complexity index is 661. The minimum Gasteiger partial charge on any atom is -0.368 e. The zero-order valence-electron chi connectivity index (χ0n) is 13.6. The summed E-state index contributed by atoms with van der Waals surface area (Å²) in [5.41, 5.74) is 6.16. The van der Waals surface area contributed by atoms with Gasteiger partial charge in [0.15, 0.2) is 0 Å². The third-order valence-electron chi connectivity index (χ3n) is 5.73. The first-order valence-electron chi connectivity index (χ1n) is 8.74. The van der Waals surface area contributed by atoms with Crippen LogP contribution in [0.4, 0.5) is 5.69 Å². The summed E-state index contributed by atoms with van der Waals surface area (Å²) in [7, 11) is 0. The van der Waals surface area contributed by atoms with Crippen LogP contribution in [-0.2, 0) is 6.42 Å². The van der Waals surface area contributed by atoms with Gasteiger partial charge >= 0.3 is 0 Å². The van der Waals surface area contributed by atoms with Crippen molar-refractivity contribution in [2.45, 2.75) is 45.1 Å². The number of hydrogen-bond acceptors (Lipinski definition) is 1. The van der Waals surface area contributed by atoms with Gasteiger partial charge in [0.1, 0.15) is 0 Å².